The van der Waals surface area contributed by atoms with Crippen molar-refractivity contribution in [2.75, 3.05) is 0 Å². The lowest BCUT2D eigenvalue weighted by molar-refractivity contribution is 0.917. The largest absolute Gasteiger partial charge is 0.405 e. The van der Waals surface area contributed by atoms with Crippen molar-refractivity contribution in [1.29, 1.82) is 0 Å². The minimum atomic E-state index is 0.552. The molecule has 24 heavy (non-hydrogen) atoms. The van der Waals surface area contributed by atoms with Gasteiger partial charge in [0.25, 0.3) is 0 Å². The zero-order valence-electron chi connectivity index (χ0n) is 13.3. The third-order valence-electron chi connectivity index (χ3n) is 3.47. The Morgan fingerprint density at radius 1 is 1.00 bits per heavy atom. The first kappa shape index (κ1) is 17.1. The van der Waals surface area contributed by atoms with Crippen molar-refractivity contribution in [3.8, 4) is 11.1 Å². The third kappa shape index (κ3) is 4.12. The average Bonchev–Trinajstić information content (AvgIpc) is 2.63. The first-order valence-corrected chi connectivity index (χ1v) is 7.40. The number of allylic oxidation sites excluding steroid dienone is 2. The van der Waals surface area contributed by atoms with Crippen LogP contribution in [-0.4, -0.2) is 6.21 Å². The van der Waals surface area contributed by atoms with E-state index >= 15 is 0 Å². The third-order valence-corrected chi connectivity index (χ3v) is 3.47. The molecule has 0 aliphatic rings. The standard InChI is InChI=1S/C19H21N5/c1-2-18(24-22)19(21)16-6-4-14(5-7-16)15-8-10-17(11-9-15)23-13-3-12-20/h2-13,24H,1,20-22H2/b12-3?,19-18-,23-13?. The Balaban J connectivity index is 2.22. The fourth-order valence-electron chi connectivity index (χ4n) is 2.16. The lowest BCUT2D eigenvalue weighted by Gasteiger charge is -2.09. The van der Waals surface area contributed by atoms with Crippen molar-refractivity contribution in [2.24, 2.45) is 22.3 Å². The normalized spacial score (nSPS) is 12.4. The van der Waals surface area contributed by atoms with E-state index in [1.165, 1.54) is 6.20 Å². The van der Waals surface area contributed by atoms with Crippen molar-refractivity contribution in [3.63, 3.8) is 0 Å². The number of hydrogen-bond donors (Lipinski definition) is 4. The van der Waals surface area contributed by atoms with Crippen LogP contribution < -0.4 is 22.7 Å². The number of rotatable bonds is 6. The fraction of sp³-hybridized carbons (Fsp3) is 0. The van der Waals surface area contributed by atoms with Gasteiger partial charge in [-0.05, 0) is 47.2 Å². The van der Waals surface area contributed by atoms with Crippen LogP contribution in [-0.2, 0) is 0 Å². The molecule has 0 bridgehead atoms. The lowest BCUT2D eigenvalue weighted by atomic mass is 10.0. The van der Waals surface area contributed by atoms with E-state index in [4.69, 9.17) is 17.3 Å². The SMILES string of the molecule is C=C/C(NN)=C(/N)c1ccc(-c2ccc(N=CC=CN)cc2)cc1. The summed E-state index contributed by atoms with van der Waals surface area (Å²) >= 11 is 0. The molecule has 7 N–H and O–H groups in total. The summed E-state index contributed by atoms with van der Waals surface area (Å²) in [5.74, 6) is 5.42. The number of benzene rings is 2. The van der Waals surface area contributed by atoms with E-state index < -0.39 is 0 Å². The van der Waals surface area contributed by atoms with Crippen molar-refractivity contribution in [1.82, 2.24) is 5.43 Å². The van der Waals surface area contributed by atoms with Gasteiger partial charge in [-0.25, -0.2) is 0 Å². The van der Waals surface area contributed by atoms with E-state index in [9.17, 15) is 0 Å². The summed E-state index contributed by atoms with van der Waals surface area (Å²) in [6.45, 7) is 3.68. The van der Waals surface area contributed by atoms with Gasteiger partial charge < -0.3 is 16.9 Å². The van der Waals surface area contributed by atoms with Gasteiger partial charge in [-0.3, -0.25) is 10.8 Å². The molecular weight excluding hydrogens is 298 g/mol. The number of aliphatic imine (C=N–C) groups is 1. The number of nitrogens with one attached hydrogen (secondary N) is 1. The molecule has 0 fully saturated rings. The molecule has 0 saturated heterocycles. The zero-order chi connectivity index (χ0) is 17.4. The summed E-state index contributed by atoms with van der Waals surface area (Å²) in [7, 11) is 0. The fourth-order valence-corrected chi connectivity index (χ4v) is 2.16. The highest BCUT2D eigenvalue weighted by Gasteiger charge is 2.03. The number of nitrogens with two attached hydrogens (primary N) is 3. The smallest absolute Gasteiger partial charge is 0.0716 e. The topological polar surface area (TPSA) is 102 Å². The van der Waals surface area contributed by atoms with Crippen LogP contribution in [0.25, 0.3) is 16.8 Å². The minimum absolute atomic E-state index is 0.552. The molecular formula is C19H21N5. The Hall–Kier alpha value is -3.31. The maximum atomic E-state index is 6.06. The van der Waals surface area contributed by atoms with Crippen LogP contribution in [0.4, 0.5) is 5.69 Å². The van der Waals surface area contributed by atoms with E-state index in [1.54, 1.807) is 18.4 Å². The van der Waals surface area contributed by atoms with Crippen LogP contribution in [0, 0.1) is 0 Å². The second kappa shape index (κ2) is 8.36. The van der Waals surface area contributed by atoms with Gasteiger partial charge in [-0.1, -0.05) is 43.0 Å². The zero-order valence-corrected chi connectivity index (χ0v) is 13.3. The molecule has 0 aliphatic carbocycles. The second-order valence-corrected chi connectivity index (χ2v) is 4.96. The molecule has 2 aromatic carbocycles. The molecule has 122 valence electrons. The van der Waals surface area contributed by atoms with E-state index in [2.05, 4.69) is 17.0 Å². The van der Waals surface area contributed by atoms with Gasteiger partial charge in [-0.15, -0.1) is 0 Å². The van der Waals surface area contributed by atoms with Crippen molar-refractivity contribution < 1.29 is 0 Å². The molecule has 2 rings (SSSR count). The Kier molecular flexibility index (Phi) is 5.94. The van der Waals surface area contributed by atoms with E-state index in [0.717, 1.165) is 22.4 Å². The van der Waals surface area contributed by atoms with Crippen molar-refractivity contribution in [3.05, 3.63) is 84.7 Å². The highest BCUT2D eigenvalue weighted by Crippen LogP contribution is 2.24. The molecule has 5 heteroatoms. The Morgan fingerprint density at radius 3 is 2.08 bits per heavy atom. The molecule has 0 saturated carbocycles. The second-order valence-electron chi connectivity index (χ2n) is 4.96. The molecule has 0 spiro atoms. The molecule has 5 nitrogen and oxygen atoms in total. The summed E-state index contributed by atoms with van der Waals surface area (Å²) in [6.07, 6.45) is 6.36. The Bertz CT molecular complexity index is 768. The van der Waals surface area contributed by atoms with Gasteiger partial charge in [0.15, 0.2) is 0 Å². The van der Waals surface area contributed by atoms with E-state index in [1.807, 2.05) is 48.5 Å². The highest BCUT2D eigenvalue weighted by atomic mass is 15.2. The van der Waals surface area contributed by atoms with Crippen LogP contribution in [0.1, 0.15) is 5.56 Å². The monoisotopic (exact) mass is 319 g/mol. The Morgan fingerprint density at radius 2 is 1.58 bits per heavy atom. The van der Waals surface area contributed by atoms with Crippen molar-refractivity contribution >= 4 is 17.6 Å². The number of nitrogens with zero attached hydrogens (tertiary/aromatic N) is 1. The maximum Gasteiger partial charge on any atom is 0.0716 e. The van der Waals surface area contributed by atoms with E-state index in [0.29, 0.717) is 11.4 Å². The lowest BCUT2D eigenvalue weighted by Crippen LogP contribution is -2.23. The van der Waals surface area contributed by atoms with Crippen LogP contribution in [0.3, 0.4) is 0 Å². The van der Waals surface area contributed by atoms with Gasteiger partial charge in [-0.2, -0.15) is 0 Å². The average molecular weight is 319 g/mol. The summed E-state index contributed by atoms with van der Waals surface area (Å²) < 4.78 is 0. The van der Waals surface area contributed by atoms with Crippen LogP contribution >= 0.6 is 0 Å². The van der Waals surface area contributed by atoms with Crippen LogP contribution in [0.5, 0.6) is 0 Å². The van der Waals surface area contributed by atoms with Gasteiger partial charge >= 0.3 is 0 Å². The molecule has 0 aliphatic heterocycles. The molecule has 0 heterocycles. The van der Waals surface area contributed by atoms with E-state index in [-0.39, 0.29) is 0 Å². The Labute approximate surface area is 141 Å². The quantitative estimate of drug-likeness (QED) is 0.284. The predicted octanol–water partition coefficient (Wildman–Crippen LogP) is 2.80. The van der Waals surface area contributed by atoms with Crippen LogP contribution in [0.15, 0.2) is 84.2 Å². The highest BCUT2D eigenvalue weighted by molar-refractivity contribution is 5.75. The number of hydrazine groups is 1. The molecule has 0 radical (unpaired) electrons. The summed E-state index contributed by atoms with van der Waals surface area (Å²) in [5, 5.41) is 0. The first-order valence-electron chi connectivity index (χ1n) is 7.40. The minimum Gasteiger partial charge on any atom is -0.405 e. The number of hydrogen-bond acceptors (Lipinski definition) is 5. The molecule has 0 atom stereocenters. The molecule has 2 aromatic rings. The van der Waals surface area contributed by atoms with Crippen LogP contribution in [0.2, 0.25) is 0 Å². The molecule has 0 aromatic heterocycles. The predicted molar refractivity (Wildman–Crippen MR) is 102 cm³/mol. The summed E-state index contributed by atoms with van der Waals surface area (Å²) in [4.78, 5) is 4.26. The van der Waals surface area contributed by atoms with Gasteiger partial charge in [0, 0.05) is 6.21 Å². The summed E-state index contributed by atoms with van der Waals surface area (Å²) in [5.41, 5.74) is 18.9. The molecule has 0 unspecified atom stereocenters. The molecule has 0 amide bonds. The van der Waals surface area contributed by atoms with Gasteiger partial charge in [0.05, 0.1) is 17.1 Å². The first-order chi connectivity index (χ1) is 11.7. The van der Waals surface area contributed by atoms with Gasteiger partial charge in [0.2, 0.25) is 0 Å². The van der Waals surface area contributed by atoms with Crippen molar-refractivity contribution in [2.45, 2.75) is 0 Å². The summed E-state index contributed by atoms with van der Waals surface area (Å²) in [6, 6.07) is 15.9. The maximum absolute atomic E-state index is 6.06. The van der Waals surface area contributed by atoms with Gasteiger partial charge in [0.1, 0.15) is 0 Å².